The molecular weight excluding hydrogens is 344 g/mol. The number of pyridine rings is 1. The molecule has 1 heterocycles. The third-order valence-electron chi connectivity index (χ3n) is 2.53. The van der Waals surface area contributed by atoms with Crippen LogP contribution in [0.15, 0.2) is 50.9 Å². The summed E-state index contributed by atoms with van der Waals surface area (Å²) >= 11 is 11.3. The van der Waals surface area contributed by atoms with E-state index in [1.54, 1.807) is 18.0 Å². The second kappa shape index (κ2) is 7.29. The largest absolute Gasteiger partial charge is 0.313 e. The summed E-state index contributed by atoms with van der Waals surface area (Å²) in [7, 11) is 0. The van der Waals surface area contributed by atoms with Crippen molar-refractivity contribution < 1.29 is 0 Å². The molecule has 0 radical (unpaired) electrons. The minimum Gasteiger partial charge on any atom is -0.313 e. The van der Waals surface area contributed by atoms with E-state index in [4.69, 9.17) is 11.6 Å². The molecule has 0 amide bonds. The molecule has 2 aromatic rings. The van der Waals surface area contributed by atoms with Crippen molar-refractivity contribution in [3.05, 3.63) is 51.6 Å². The zero-order chi connectivity index (χ0) is 13.7. The monoisotopic (exact) mass is 356 g/mol. The number of aromatic nitrogens is 1. The molecule has 0 aliphatic heterocycles. The maximum absolute atomic E-state index is 6.11. The van der Waals surface area contributed by atoms with Gasteiger partial charge >= 0.3 is 0 Å². The summed E-state index contributed by atoms with van der Waals surface area (Å²) < 4.78 is 1.10. The van der Waals surface area contributed by atoms with Crippen molar-refractivity contribution in [2.24, 2.45) is 0 Å². The molecule has 0 atom stereocenters. The highest BCUT2D eigenvalue weighted by Crippen LogP contribution is 2.33. The van der Waals surface area contributed by atoms with E-state index in [1.165, 1.54) is 5.56 Å². The summed E-state index contributed by atoms with van der Waals surface area (Å²) in [5, 5.41) is 4.82. The van der Waals surface area contributed by atoms with Gasteiger partial charge in [-0.15, -0.1) is 0 Å². The Hall–Kier alpha value is -0.550. The first-order chi connectivity index (χ1) is 9.20. The van der Waals surface area contributed by atoms with Crippen LogP contribution in [0.25, 0.3) is 0 Å². The van der Waals surface area contributed by atoms with E-state index in [0.717, 1.165) is 27.5 Å². The van der Waals surface area contributed by atoms with Crippen LogP contribution in [0.2, 0.25) is 5.02 Å². The molecule has 5 heteroatoms. The Labute approximate surface area is 131 Å². The zero-order valence-electron chi connectivity index (χ0n) is 10.5. The predicted molar refractivity (Wildman–Crippen MR) is 84.9 cm³/mol. The van der Waals surface area contributed by atoms with E-state index in [-0.39, 0.29) is 0 Å². The van der Waals surface area contributed by atoms with E-state index in [9.17, 15) is 0 Å². The van der Waals surface area contributed by atoms with Crippen molar-refractivity contribution in [2.75, 3.05) is 6.54 Å². The number of hydrogen-bond acceptors (Lipinski definition) is 3. The summed E-state index contributed by atoms with van der Waals surface area (Å²) in [4.78, 5) is 5.40. The Morgan fingerprint density at radius 3 is 2.89 bits per heavy atom. The Morgan fingerprint density at radius 2 is 2.21 bits per heavy atom. The second-order valence-corrected chi connectivity index (χ2v) is 6.25. The lowest BCUT2D eigenvalue weighted by molar-refractivity contribution is 0.724. The average molecular weight is 358 g/mol. The van der Waals surface area contributed by atoms with E-state index >= 15 is 0 Å². The molecule has 19 heavy (non-hydrogen) atoms. The maximum Gasteiger partial charge on any atom is 0.119 e. The minimum absolute atomic E-state index is 0.681. The first-order valence-electron chi connectivity index (χ1n) is 5.98. The lowest BCUT2D eigenvalue weighted by Crippen LogP contribution is -2.11. The molecule has 0 aliphatic rings. The molecule has 0 fully saturated rings. The number of benzene rings is 1. The highest BCUT2D eigenvalue weighted by molar-refractivity contribution is 9.10. The fraction of sp³-hybridized carbons (Fsp3) is 0.214. The van der Waals surface area contributed by atoms with E-state index in [0.29, 0.717) is 5.02 Å². The van der Waals surface area contributed by atoms with Crippen LogP contribution < -0.4 is 5.32 Å². The van der Waals surface area contributed by atoms with Crippen molar-refractivity contribution in [1.82, 2.24) is 10.3 Å². The molecule has 2 nitrogen and oxygen atoms in total. The molecule has 100 valence electrons. The average Bonchev–Trinajstić information content (AvgIpc) is 2.40. The standard InChI is InChI=1S/C14H14BrClN2S/c1-2-17-9-10-5-6-11(8-12(10)15)19-14-13(16)4-3-7-18-14/h3-8,17H,2,9H2,1H3. The molecule has 0 aliphatic carbocycles. The highest BCUT2D eigenvalue weighted by atomic mass is 79.9. The topological polar surface area (TPSA) is 24.9 Å². The fourth-order valence-electron chi connectivity index (χ4n) is 1.55. The van der Waals surface area contributed by atoms with Gasteiger partial charge in [-0.1, -0.05) is 52.3 Å². The van der Waals surface area contributed by atoms with Gasteiger partial charge in [0.2, 0.25) is 0 Å². The van der Waals surface area contributed by atoms with Gasteiger partial charge < -0.3 is 5.32 Å². The van der Waals surface area contributed by atoms with E-state index < -0.39 is 0 Å². The maximum atomic E-state index is 6.11. The fourth-order valence-corrected chi connectivity index (χ4v) is 3.28. The molecule has 1 aromatic heterocycles. The van der Waals surface area contributed by atoms with Crippen LogP contribution in [-0.4, -0.2) is 11.5 Å². The van der Waals surface area contributed by atoms with Gasteiger partial charge in [0.1, 0.15) is 5.03 Å². The molecule has 0 unspecified atom stereocenters. The molecule has 0 bridgehead atoms. The minimum atomic E-state index is 0.681. The van der Waals surface area contributed by atoms with Gasteiger partial charge in [0.15, 0.2) is 0 Å². The number of nitrogens with zero attached hydrogens (tertiary/aromatic N) is 1. The summed E-state index contributed by atoms with van der Waals surface area (Å²) in [5.41, 5.74) is 1.25. The van der Waals surface area contributed by atoms with Gasteiger partial charge in [-0.2, -0.15) is 0 Å². The van der Waals surface area contributed by atoms with Crippen molar-refractivity contribution in [3.63, 3.8) is 0 Å². The van der Waals surface area contributed by atoms with Crippen LogP contribution >= 0.6 is 39.3 Å². The van der Waals surface area contributed by atoms with E-state index in [2.05, 4.69) is 51.4 Å². The number of halogens is 2. The van der Waals surface area contributed by atoms with Gasteiger partial charge in [-0.05, 0) is 36.4 Å². The molecule has 1 aromatic carbocycles. The summed E-state index contributed by atoms with van der Waals surface area (Å²) in [5.74, 6) is 0. The van der Waals surface area contributed by atoms with Crippen LogP contribution in [0.1, 0.15) is 12.5 Å². The normalized spacial score (nSPS) is 10.7. The van der Waals surface area contributed by atoms with Crippen molar-refractivity contribution >= 4 is 39.3 Å². The van der Waals surface area contributed by atoms with Crippen LogP contribution in [0.3, 0.4) is 0 Å². The Kier molecular flexibility index (Phi) is 5.70. The van der Waals surface area contributed by atoms with Gasteiger partial charge in [-0.25, -0.2) is 4.98 Å². The Morgan fingerprint density at radius 1 is 1.37 bits per heavy atom. The van der Waals surface area contributed by atoms with Crippen LogP contribution in [0, 0.1) is 0 Å². The predicted octanol–water partition coefficient (Wildman–Crippen LogP) is 4.76. The third kappa shape index (κ3) is 4.21. The highest BCUT2D eigenvalue weighted by Gasteiger charge is 2.06. The first kappa shape index (κ1) is 14.9. The van der Waals surface area contributed by atoms with E-state index in [1.807, 2.05) is 12.1 Å². The SMILES string of the molecule is CCNCc1ccc(Sc2ncccc2Cl)cc1Br. The van der Waals surface area contributed by atoms with Crippen molar-refractivity contribution in [1.29, 1.82) is 0 Å². The molecule has 0 saturated carbocycles. The van der Waals surface area contributed by atoms with Gasteiger partial charge in [0, 0.05) is 22.1 Å². The Balaban J connectivity index is 2.14. The lowest BCUT2D eigenvalue weighted by Gasteiger charge is -2.08. The van der Waals surface area contributed by atoms with Gasteiger partial charge in [-0.3, -0.25) is 0 Å². The Bertz CT molecular complexity index is 563. The number of rotatable bonds is 5. The quantitative estimate of drug-likeness (QED) is 0.835. The second-order valence-electron chi connectivity index (χ2n) is 3.93. The van der Waals surface area contributed by atoms with Crippen LogP contribution in [0.4, 0.5) is 0 Å². The third-order valence-corrected chi connectivity index (χ3v) is 4.69. The van der Waals surface area contributed by atoms with Crippen molar-refractivity contribution in [3.8, 4) is 0 Å². The molecule has 1 N–H and O–H groups in total. The number of hydrogen-bond donors (Lipinski definition) is 1. The number of nitrogens with one attached hydrogen (secondary N) is 1. The zero-order valence-corrected chi connectivity index (χ0v) is 13.6. The molecular formula is C14H14BrClN2S. The smallest absolute Gasteiger partial charge is 0.119 e. The lowest BCUT2D eigenvalue weighted by atomic mass is 10.2. The molecule has 0 spiro atoms. The van der Waals surface area contributed by atoms with Gasteiger partial charge in [0.05, 0.1) is 5.02 Å². The molecule has 0 saturated heterocycles. The van der Waals surface area contributed by atoms with Crippen LogP contribution in [0.5, 0.6) is 0 Å². The van der Waals surface area contributed by atoms with Gasteiger partial charge in [0.25, 0.3) is 0 Å². The van der Waals surface area contributed by atoms with Crippen LogP contribution in [-0.2, 0) is 6.54 Å². The summed E-state index contributed by atoms with van der Waals surface area (Å²) in [6.07, 6.45) is 1.75. The summed E-state index contributed by atoms with van der Waals surface area (Å²) in [6.45, 7) is 3.93. The molecule has 2 rings (SSSR count). The first-order valence-corrected chi connectivity index (χ1v) is 7.97. The summed E-state index contributed by atoms with van der Waals surface area (Å²) in [6, 6.07) is 9.99. The van der Waals surface area contributed by atoms with Crippen molar-refractivity contribution in [2.45, 2.75) is 23.4 Å².